The number of hydrogen-bond donors (Lipinski definition) is 2. The fourth-order valence-electron chi connectivity index (χ4n) is 2.54. The van der Waals surface area contributed by atoms with Crippen LogP contribution in [-0.2, 0) is 11.2 Å². The van der Waals surface area contributed by atoms with E-state index in [1.807, 2.05) is 43.3 Å². The fourth-order valence-corrected chi connectivity index (χ4v) is 2.78. The van der Waals surface area contributed by atoms with Crippen molar-refractivity contribution in [1.29, 1.82) is 0 Å². The number of thiocarbonyl (C=S) groups is 1. The number of rotatable bonds is 9. The van der Waals surface area contributed by atoms with Crippen molar-refractivity contribution in [3.8, 4) is 5.75 Å². The van der Waals surface area contributed by atoms with E-state index in [0.29, 0.717) is 24.6 Å². The molecule has 0 atom stereocenters. The molecule has 0 saturated heterocycles. The number of nitrogens with one attached hydrogen (secondary N) is 2. The average molecular weight is 385 g/mol. The molecule has 5 heteroatoms. The molecule has 2 rings (SSSR count). The van der Waals surface area contributed by atoms with Crippen molar-refractivity contribution in [3.63, 3.8) is 0 Å². The van der Waals surface area contributed by atoms with Crippen molar-refractivity contribution in [2.75, 3.05) is 11.9 Å². The third-order valence-electron chi connectivity index (χ3n) is 4.12. The molecule has 27 heavy (non-hydrogen) atoms. The second-order valence-corrected chi connectivity index (χ2v) is 6.98. The van der Waals surface area contributed by atoms with Crippen LogP contribution in [0.15, 0.2) is 48.5 Å². The molecule has 0 fully saturated rings. The van der Waals surface area contributed by atoms with E-state index in [4.69, 9.17) is 17.0 Å². The maximum absolute atomic E-state index is 12.0. The third kappa shape index (κ3) is 8.22. The third-order valence-corrected chi connectivity index (χ3v) is 4.33. The number of carbonyl (C=O) groups excluding carboxylic acids is 1. The summed E-state index contributed by atoms with van der Waals surface area (Å²) in [6.45, 7) is 4.72. The molecule has 0 saturated carbocycles. The lowest BCUT2D eigenvalue weighted by molar-refractivity contribution is -0.119. The van der Waals surface area contributed by atoms with Crippen LogP contribution in [0.2, 0.25) is 0 Å². The van der Waals surface area contributed by atoms with E-state index in [1.54, 1.807) is 0 Å². The second-order valence-electron chi connectivity index (χ2n) is 6.57. The van der Waals surface area contributed by atoms with Gasteiger partial charge in [0.25, 0.3) is 0 Å². The lowest BCUT2D eigenvalue weighted by Gasteiger charge is -2.10. The predicted molar refractivity (Wildman–Crippen MR) is 115 cm³/mol. The molecular weight excluding hydrogens is 356 g/mol. The summed E-state index contributed by atoms with van der Waals surface area (Å²) in [5, 5.41) is 6.08. The van der Waals surface area contributed by atoms with E-state index in [2.05, 4.69) is 29.7 Å². The van der Waals surface area contributed by atoms with Gasteiger partial charge in [-0.25, -0.2) is 0 Å². The van der Waals surface area contributed by atoms with Crippen molar-refractivity contribution >= 4 is 28.9 Å². The van der Waals surface area contributed by atoms with Crippen LogP contribution in [0.3, 0.4) is 0 Å². The normalized spacial score (nSPS) is 10.3. The molecule has 0 unspecified atom stereocenters. The van der Waals surface area contributed by atoms with Crippen LogP contribution >= 0.6 is 12.2 Å². The lowest BCUT2D eigenvalue weighted by atomic mass is 10.1. The summed E-state index contributed by atoms with van der Waals surface area (Å²) in [6, 6.07) is 16.0. The minimum absolute atomic E-state index is 0.112. The van der Waals surface area contributed by atoms with E-state index in [9.17, 15) is 4.79 Å². The van der Waals surface area contributed by atoms with Gasteiger partial charge in [-0.15, -0.1) is 0 Å². The quantitative estimate of drug-likeness (QED) is 0.471. The van der Waals surface area contributed by atoms with Crippen LogP contribution in [0.25, 0.3) is 0 Å². The number of anilines is 1. The molecule has 0 radical (unpaired) electrons. The van der Waals surface area contributed by atoms with Gasteiger partial charge in [0.2, 0.25) is 5.91 Å². The Morgan fingerprint density at radius 3 is 2.41 bits per heavy atom. The van der Waals surface area contributed by atoms with Crippen molar-refractivity contribution < 1.29 is 9.53 Å². The SMILES string of the molecule is CCCCc1ccc(NC(=S)NC(=O)CCCOc2ccc(C)cc2)cc1. The van der Waals surface area contributed by atoms with Gasteiger partial charge in [0.1, 0.15) is 5.75 Å². The van der Waals surface area contributed by atoms with Gasteiger partial charge in [-0.3, -0.25) is 4.79 Å². The summed E-state index contributed by atoms with van der Waals surface area (Å²) >= 11 is 5.21. The number of unbranched alkanes of at least 4 members (excludes halogenated alkanes) is 1. The first kappa shape index (κ1) is 20.9. The molecule has 0 bridgehead atoms. The number of benzene rings is 2. The molecule has 144 valence electrons. The lowest BCUT2D eigenvalue weighted by Crippen LogP contribution is -2.34. The molecule has 0 aliphatic carbocycles. The van der Waals surface area contributed by atoms with E-state index < -0.39 is 0 Å². The Morgan fingerprint density at radius 1 is 1.04 bits per heavy atom. The highest BCUT2D eigenvalue weighted by molar-refractivity contribution is 7.80. The highest BCUT2D eigenvalue weighted by atomic mass is 32.1. The Labute approximate surface area is 167 Å². The minimum atomic E-state index is -0.112. The topological polar surface area (TPSA) is 50.4 Å². The molecular formula is C22H28N2O2S. The van der Waals surface area contributed by atoms with Crippen molar-refractivity contribution in [2.24, 2.45) is 0 Å². The first-order valence-corrected chi connectivity index (χ1v) is 9.87. The Morgan fingerprint density at radius 2 is 1.74 bits per heavy atom. The first-order valence-electron chi connectivity index (χ1n) is 9.46. The van der Waals surface area contributed by atoms with Gasteiger partial charge in [0, 0.05) is 12.1 Å². The van der Waals surface area contributed by atoms with Crippen LogP contribution in [0.4, 0.5) is 5.69 Å². The molecule has 2 N–H and O–H groups in total. The Balaban J connectivity index is 1.64. The summed E-state index contributed by atoms with van der Waals surface area (Å²) in [6.07, 6.45) is 4.46. The first-order chi connectivity index (χ1) is 13.1. The predicted octanol–water partition coefficient (Wildman–Crippen LogP) is 5.01. The summed E-state index contributed by atoms with van der Waals surface area (Å²) in [5.74, 6) is 0.708. The number of hydrogen-bond acceptors (Lipinski definition) is 3. The highest BCUT2D eigenvalue weighted by Crippen LogP contribution is 2.13. The fraction of sp³-hybridized carbons (Fsp3) is 0.364. The second kappa shape index (κ2) is 11.3. The van der Waals surface area contributed by atoms with E-state index in [0.717, 1.165) is 17.9 Å². The maximum atomic E-state index is 12.0. The number of ether oxygens (including phenoxy) is 1. The number of amides is 1. The molecule has 0 heterocycles. The van der Waals surface area contributed by atoms with Crippen LogP contribution in [0.1, 0.15) is 43.7 Å². The maximum Gasteiger partial charge on any atom is 0.226 e. The van der Waals surface area contributed by atoms with Crippen LogP contribution in [0.5, 0.6) is 5.75 Å². The number of aryl methyl sites for hydroxylation is 2. The Kier molecular flexibility index (Phi) is 8.78. The van der Waals surface area contributed by atoms with E-state index in [1.165, 1.54) is 24.0 Å². The molecule has 2 aromatic rings. The van der Waals surface area contributed by atoms with Crippen LogP contribution in [0, 0.1) is 6.92 Å². The van der Waals surface area contributed by atoms with Crippen molar-refractivity contribution in [1.82, 2.24) is 5.32 Å². The van der Waals surface area contributed by atoms with Crippen molar-refractivity contribution in [3.05, 3.63) is 59.7 Å². The minimum Gasteiger partial charge on any atom is -0.494 e. The van der Waals surface area contributed by atoms with Crippen molar-refractivity contribution in [2.45, 2.75) is 46.0 Å². The van der Waals surface area contributed by atoms with Gasteiger partial charge in [-0.1, -0.05) is 43.2 Å². The zero-order valence-corrected chi connectivity index (χ0v) is 16.9. The zero-order valence-electron chi connectivity index (χ0n) is 16.1. The molecule has 4 nitrogen and oxygen atoms in total. The molecule has 0 aliphatic heterocycles. The van der Waals surface area contributed by atoms with Gasteiger partial charge < -0.3 is 15.4 Å². The standard InChI is InChI=1S/C22H28N2O2S/c1-3-4-6-18-10-12-19(13-11-18)23-22(27)24-21(25)7-5-16-26-20-14-8-17(2)9-15-20/h8-15H,3-7,16H2,1-2H3,(H2,23,24,25,27). The van der Waals surface area contributed by atoms with E-state index >= 15 is 0 Å². The molecule has 0 aromatic heterocycles. The van der Waals surface area contributed by atoms with Gasteiger partial charge in [-0.2, -0.15) is 0 Å². The van der Waals surface area contributed by atoms with Crippen LogP contribution < -0.4 is 15.4 Å². The smallest absolute Gasteiger partial charge is 0.226 e. The summed E-state index contributed by atoms with van der Waals surface area (Å²) in [4.78, 5) is 12.0. The van der Waals surface area contributed by atoms with Gasteiger partial charge in [0.05, 0.1) is 6.61 Å². The molecule has 0 spiro atoms. The molecule has 1 amide bonds. The zero-order chi connectivity index (χ0) is 19.5. The van der Waals surface area contributed by atoms with Gasteiger partial charge in [0.15, 0.2) is 5.11 Å². The van der Waals surface area contributed by atoms with E-state index in [-0.39, 0.29) is 5.91 Å². The monoisotopic (exact) mass is 384 g/mol. The van der Waals surface area contributed by atoms with Gasteiger partial charge in [-0.05, 0) is 68.2 Å². The average Bonchev–Trinajstić information content (AvgIpc) is 2.66. The van der Waals surface area contributed by atoms with Crippen LogP contribution in [-0.4, -0.2) is 17.6 Å². The molecule has 2 aromatic carbocycles. The summed E-state index contributed by atoms with van der Waals surface area (Å²) in [5.41, 5.74) is 3.38. The largest absolute Gasteiger partial charge is 0.494 e. The Bertz CT molecular complexity index is 727. The number of carbonyl (C=O) groups is 1. The summed E-state index contributed by atoms with van der Waals surface area (Å²) in [7, 11) is 0. The summed E-state index contributed by atoms with van der Waals surface area (Å²) < 4.78 is 5.62. The molecule has 0 aliphatic rings. The Hall–Kier alpha value is -2.40. The van der Waals surface area contributed by atoms with Gasteiger partial charge >= 0.3 is 0 Å². The highest BCUT2D eigenvalue weighted by Gasteiger charge is 2.05.